The SMILES string of the molecule is CCC1(CC)Oc2nc(N(Cc3ccc(OC)cc3OC)C(=O)OC(C)(C)C)ccc2N(c2ccc(Cl)cc2)C1=O. The molecule has 41 heavy (non-hydrogen) atoms. The lowest BCUT2D eigenvalue weighted by Gasteiger charge is -2.41. The lowest BCUT2D eigenvalue weighted by Crippen LogP contribution is -2.54. The number of carbonyl (C=O) groups is 2. The summed E-state index contributed by atoms with van der Waals surface area (Å²) in [6.07, 6.45) is 0.259. The smallest absolute Gasteiger partial charge is 0.416 e. The van der Waals surface area contributed by atoms with E-state index in [9.17, 15) is 9.59 Å². The maximum atomic E-state index is 13.8. The Kier molecular flexibility index (Phi) is 8.68. The normalized spacial score (nSPS) is 14.1. The van der Waals surface area contributed by atoms with Crippen molar-refractivity contribution in [3.05, 3.63) is 65.2 Å². The third-order valence-corrected chi connectivity index (χ3v) is 7.14. The van der Waals surface area contributed by atoms with E-state index in [-0.39, 0.29) is 18.3 Å². The number of carbonyl (C=O) groups excluding carboxylic acids is 2. The summed E-state index contributed by atoms with van der Waals surface area (Å²) in [5.41, 5.74) is -0.0640. The molecular weight excluding hydrogens is 546 g/mol. The fraction of sp³-hybridized carbons (Fsp3) is 0.387. The summed E-state index contributed by atoms with van der Waals surface area (Å²) in [6, 6.07) is 15.8. The van der Waals surface area contributed by atoms with E-state index < -0.39 is 17.3 Å². The van der Waals surface area contributed by atoms with Gasteiger partial charge in [0.15, 0.2) is 5.60 Å². The highest BCUT2D eigenvalue weighted by molar-refractivity contribution is 6.30. The molecule has 10 heteroatoms. The first-order valence-electron chi connectivity index (χ1n) is 13.5. The van der Waals surface area contributed by atoms with Gasteiger partial charge in [-0.3, -0.25) is 14.6 Å². The van der Waals surface area contributed by atoms with Gasteiger partial charge in [-0.25, -0.2) is 4.79 Å². The summed E-state index contributed by atoms with van der Waals surface area (Å²) < 4.78 is 23.0. The summed E-state index contributed by atoms with van der Waals surface area (Å²) >= 11 is 6.13. The number of amides is 2. The van der Waals surface area contributed by atoms with Crippen LogP contribution in [0.2, 0.25) is 5.02 Å². The molecule has 1 aromatic heterocycles. The highest BCUT2D eigenvalue weighted by Crippen LogP contribution is 2.44. The summed E-state index contributed by atoms with van der Waals surface area (Å²) in [4.78, 5) is 35.2. The predicted octanol–water partition coefficient (Wildman–Crippen LogP) is 7.31. The van der Waals surface area contributed by atoms with Crippen LogP contribution in [0.3, 0.4) is 0 Å². The molecule has 0 aliphatic carbocycles. The van der Waals surface area contributed by atoms with Gasteiger partial charge in [0.1, 0.15) is 28.6 Å². The number of ether oxygens (including phenoxy) is 4. The molecule has 9 nitrogen and oxygen atoms in total. The van der Waals surface area contributed by atoms with Gasteiger partial charge in [-0.05, 0) is 82.1 Å². The maximum Gasteiger partial charge on any atom is 0.416 e. The van der Waals surface area contributed by atoms with Crippen LogP contribution in [0.5, 0.6) is 17.4 Å². The van der Waals surface area contributed by atoms with Crippen LogP contribution >= 0.6 is 11.6 Å². The summed E-state index contributed by atoms with van der Waals surface area (Å²) in [5.74, 6) is 1.50. The van der Waals surface area contributed by atoms with Crippen molar-refractivity contribution in [2.24, 2.45) is 0 Å². The first-order valence-corrected chi connectivity index (χ1v) is 13.8. The standard InChI is InChI=1S/C31H36ClN3O6/c1-8-31(9-2)28(36)35(22-13-11-21(32)12-14-22)24-16-17-26(33-27(24)40-31)34(29(37)41-30(3,4)5)19-20-10-15-23(38-6)18-25(20)39-7/h10-18H,8-9,19H2,1-7H3. The Morgan fingerprint density at radius 2 is 1.71 bits per heavy atom. The number of hydrogen-bond acceptors (Lipinski definition) is 7. The van der Waals surface area contributed by atoms with Crippen LogP contribution in [0.15, 0.2) is 54.6 Å². The van der Waals surface area contributed by atoms with E-state index in [1.165, 1.54) is 4.90 Å². The molecule has 0 fully saturated rings. The molecule has 0 atom stereocenters. The Morgan fingerprint density at radius 1 is 1.02 bits per heavy atom. The van der Waals surface area contributed by atoms with Gasteiger partial charge in [0, 0.05) is 22.3 Å². The zero-order valence-corrected chi connectivity index (χ0v) is 25.2. The highest BCUT2D eigenvalue weighted by Gasteiger charge is 2.47. The minimum absolute atomic E-state index is 0.0976. The summed E-state index contributed by atoms with van der Waals surface area (Å²) in [6.45, 7) is 9.30. The van der Waals surface area contributed by atoms with Crippen molar-refractivity contribution in [2.45, 2.75) is 65.2 Å². The summed E-state index contributed by atoms with van der Waals surface area (Å²) in [7, 11) is 3.13. The van der Waals surface area contributed by atoms with Crippen molar-refractivity contribution in [1.29, 1.82) is 0 Å². The van der Waals surface area contributed by atoms with Crippen molar-refractivity contribution in [1.82, 2.24) is 4.98 Å². The van der Waals surface area contributed by atoms with Crippen LogP contribution in [0.4, 0.5) is 22.0 Å². The third kappa shape index (κ3) is 6.20. The molecular formula is C31H36ClN3O6. The molecule has 2 amide bonds. The molecule has 0 saturated heterocycles. The Bertz CT molecular complexity index is 1420. The molecule has 0 saturated carbocycles. The van der Waals surface area contributed by atoms with Gasteiger partial charge in [-0.15, -0.1) is 0 Å². The van der Waals surface area contributed by atoms with Crippen LogP contribution in [0.1, 0.15) is 53.0 Å². The zero-order valence-electron chi connectivity index (χ0n) is 24.5. The van der Waals surface area contributed by atoms with E-state index >= 15 is 0 Å². The van der Waals surface area contributed by atoms with Crippen molar-refractivity contribution in [2.75, 3.05) is 24.0 Å². The number of pyridine rings is 1. The first-order chi connectivity index (χ1) is 19.4. The molecule has 0 spiro atoms. The van der Waals surface area contributed by atoms with Crippen LogP contribution in [-0.2, 0) is 16.1 Å². The Morgan fingerprint density at radius 3 is 2.29 bits per heavy atom. The van der Waals surface area contributed by atoms with Crippen LogP contribution in [-0.4, -0.2) is 42.4 Å². The van der Waals surface area contributed by atoms with E-state index in [2.05, 4.69) is 0 Å². The monoisotopic (exact) mass is 581 g/mol. The topological polar surface area (TPSA) is 90.4 Å². The van der Waals surface area contributed by atoms with E-state index in [1.54, 1.807) is 88.4 Å². The van der Waals surface area contributed by atoms with Gasteiger partial charge >= 0.3 is 6.09 Å². The number of nitrogens with zero attached hydrogens (tertiary/aromatic N) is 3. The molecule has 3 aromatic rings. The van der Waals surface area contributed by atoms with Crippen LogP contribution in [0, 0.1) is 0 Å². The number of rotatable bonds is 8. The quantitative estimate of drug-likeness (QED) is 0.275. The van der Waals surface area contributed by atoms with E-state index in [1.807, 2.05) is 19.9 Å². The Labute approximate surface area is 245 Å². The summed E-state index contributed by atoms with van der Waals surface area (Å²) in [5, 5.41) is 0.558. The maximum absolute atomic E-state index is 13.8. The third-order valence-electron chi connectivity index (χ3n) is 6.89. The number of aromatic nitrogens is 1. The van der Waals surface area contributed by atoms with Gasteiger partial charge in [-0.2, -0.15) is 4.98 Å². The fourth-order valence-electron chi connectivity index (χ4n) is 4.61. The van der Waals surface area contributed by atoms with Gasteiger partial charge in [-0.1, -0.05) is 25.4 Å². The largest absolute Gasteiger partial charge is 0.497 e. The highest BCUT2D eigenvalue weighted by atomic mass is 35.5. The average Bonchev–Trinajstić information content (AvgIpc) is 2.95. The average molecular weight is 582 g/mol. The molecule has 1 aliphatic heterocycles. The van der Waals surface area contributed by atoms with Crippen LogP contribution < -0.4 is 24.0 Å². The molecule has 2 heterocycles. The molecule has 0 N–H and O–H groups in total. The second kappa shape index (κ2) is 11.9. The molecule has 1 aliphatic rings. The molecule has 0 unspecified atom stereocenters. The van der Waals surface area contributed by atoms with Gasteiger partial charge in [0.05, 0.1) is 20.8 Å². The lowest BCUT2D eigenvalue weighted by atomic mass is 9.93. The van der Waals surface area contributed by atoms with E-state index in [0.29, 0.717) is 52.1 Å². The number of methoxy groups -OCH3 is 2. The lowest BCUT2D eigenvalue weighted by molar-refractivity contribution is -0.135. The van der Waals surface area contributed by atoms with Crippen molar-refractivity contribution < 1.29 is 28.5 Å². The number of fused-ring (bicyclic) bond motifs is 1. The van der Waals surface area contributed by atoms with Crippen LogP contribution in [0.25, 0.3) is 0 Å². The predicted molar refractivity (Wildman–Crippen MR) is 159 cm³/mol. The van der Waals surface area contributed by atoms with Crippen molar-refractivity contribution in [3.8, 4) is 17.4 Å². The molecule has 2 aromatic carbocycles. The number of hydrogen-bond donors (Lipinski definition) is 0. The second-order valence-electron chi connectivity index (χ2n) is 10.7. The van der Waals surface area contributed by atoms with Gasteiger partial charge in [0.2, 0.25) is 5.88 Å². The zero-order chi connectivity index (χ0) is 29.9. The number of anilines is 3. The van der Waals surface area contributed by atoms with Gasteiger partial charge < -0.3 is 18.9 Å². The fourth-order valence-corrected chi connectivity index (χ4v) is 4.74. The minimum Gasteiger partial charge on any atom is -0.497 e. The molecule has 4 rings (SSSR count). The molecule has 218 valence electrons. The first kappa shape index (κ1) is 30.0. The number of halogens is 1. The Balaban J connectivity index is 1.83. The van der Waals surface area contributed by atoms with E-state index in [4.69, 9.17) is 35.5 Å². The van der Waals surface area contributed by atoms with Crippen molar-refractivity contribution >= 4 is 40.8 Å². The van der Waals surface area contributed by atoms with E-state index in [0.717, 1.165) is 0 Å². The van der Waals surface area contributed by atoms with Crippen molar-refractivity contribution in [3.63, 3.8) is 0 Å². The molecule has 0 bridgehead atoms. The Hall–Kier alpha value is -3.98. The minimum atomic E-state index is -1.13. The number of benzene rings is 2. The molecule has 0 radical (unpaired) electrons. The van der Waals surface area contributed by atoms with Gasteiger partial charge in [0.25, 0.3) is 5.91 Å². The second-order valence-corrected chi connectivity index (χ2v) is 11.1.